The number of hydrogen-bond donors (Lipinski definition) is 1. The Hall–Kier alpha value is -1.96. The molecule has 8 heteroatoms. The van der Waals surface area contributed by atoms with Crippen LogP contribution in [-0.4, -0.2) is 39.9 Å². The van der Waals surface area contributed by atoms with Crippen LogP contribution in [-0.2, 0) is 4.79 Å². The zero-order valence-corrected chi connectivity index (χ0v) is 11.9. The zero-order valence-electron chi connectivity index (χ0n) is 10.3. The molecule has 0 radical (unpaired) electrons. The molecule has 1 N–H and O–H groups in total. The van der Waals surface area contributed by atoms with Crippen molar-refractivity contribution in [3.8, 4) is 0 Å². The number of carbonyl (C=O) groups excluding carboxylic acids is 1. The van der Waals surface area contributed by atoms with Crippen LogP contribution in [0.5, 0.6) is 0 Å². The van der Waals surface area contributed by atoms with Crippen molar-refractivity contribution in [1.29, 1.82) is 0 Å². The molecule has 1 aromatic rings. The fourth-order valence-electron chi connectivity index (χ4n) is 2.11. The predicted molar refractivity (Wildman–Crippen MR) is 72.4 cm³/mol. The van der Waals surface area contributed by atoms with Crippen molar-refractivity contribution in [2.75, 3.05) is 13.1 Å². The maximum atomic E-state index is 12.2. The first-order valence-corrected chi connectivity index (χ1v) is 6.63. The van der Waals surface area contributed by atoms with Gasteiger partial charge in [0.05, 0.1) is 16.9 Å². The van der Waals surface area contributed by atoms with Crippen LogP contribution < -0.4 is 0 Å². The normalized spacial score (nSPS) is 14.8. The van der Waals surface area contributed by atoms with Crippen LogP contribution >= 0.6 is 15.9 Å². The van der Waals surface area contributed by atoms with Crippen molar-refractivity contribution in [2.45, 2.75) is 6.42 Å². The molecule has 0 aliphatic carbocycles. The Morgan fingerprint density at radius 3 is 2.65 bits per heavy atom. The van der Waals surface area contributed by atoms with Gasteiger partial charge in [-0.05, 0) is 22.0 Å². The van der Waals surface area contributed by atoms with Crippen LogP contribution in [0.2, 0.25) is 0 Å². The van der Waals surface area contributed by atoms with E-state index in [4.69, 9.17) is 5.11 Å². The van der Waals surface area contributed by atoms with E-state index < -0.39 is 10.9 Å². The summed E-state index contributed by atoms with van der Waals surface area (Å²) in [7, 11) is 0. The lowest BCUT2D eigenvalue weighted by Gasteiger charge is -2.38. The number of aliphatic carboxylic acids is 1. The maximum Gasteiger partial charge on any atom is 0.303 e. The summed E-state index contributed by atoms with van der Waals surface area (Å²) >= 11 is 3.08. The largest absolute Gasteiger partial charge is 0.481 e. The van der Waals surface area contributed by atoms with Gasteiger partial charge >= 0.3 is 5.97 Å². The number of likely N-dealkylation sites (tertiary alicyclic amines) is 1. The quantitative estimate of drug-likeness (QED) is 0.665. The molecule has 1 aromatic carbocycles. The second-order valence-corrected chi connectivity index (χ2v) is 5.36. The summed E-state index contributed by atoms with van der Waals surface area (Å²) in [4.78, 5) is 34.4. The molecular weight excluding hydrogens is 332 g/mol. The maximum absolute atomic E-state index is 12.2. The van der Waals surface area contributed by atoms with E-state index in [1.54, 1.807) is 0 Å². The number of benzene rings is 1. The second kappa shape index (κ2) is 5.58. The SMILES string of the molecule is O=C(O)CC1CN(C(=O)c2cccc([N+](=O)[O-])c2Br)C1. The number of halogens is 1. The molecule has 20 heavy (non-hydrogen) atoms. The topological polar surface area (TPSA) is 101 Å². The van der Waals surface area contributed by atoms with E-state index in [0.717, 1.165) is 0 Å². The second-order valence-electron chi connectivity index (χ2n) is 4.57. The smallest absolute Gasteiger partial charge is 0.303 e. The van der Waals surface area contributed by atoms with Crippen LogP contribution in [0.1, 0.15) is 16.8 Å². The standard InChI is InChI=1S/C12H11BrN2O5/c13-11-8(2-1-3-9(11)15(19)20)12(18)14-5-7(6-14)4-10(16)17/h1-3,7H,4-6H2,(H,16,17). The van der Waals surface area contributed by atoms with Crippen LogP contribution in [0.15, 0.2) is 22.7 Å². The van der Waals surface area contributed by atoms with Crippen LogP contribution in [0.25, 0.3) is 0 Å². The molecule has 0 saturated carbocycles. The lowest BCUT2D eigenvalue weighted by Crippen LogP contribution is -2.50. The summed E-state index contributed by atoms with van der Waals surface area (Å²) in [5.41, 5.74) is 0.0476. The van der Waals surface area contributed by atoms with Gasteiger partial charge in [-0.2, -0.15) is 0 Å². The van der Waals surface area contributed by atoms with E-state index in [-0.39, 0.29) is 34.0 Å². The first-order chi connectivity index (χ1) is 9.40. The van der Waals surface area contributed by atoms with E-state index >= 15 is 0 Å². The molecule has 0 spiro atoms. The molecule has 1 saturated heterocycles. The van der Waals surface area contributed by atoms with Gasteiger partial charge < -0.3 is 10.0 Å². The number of amides is 1. The average Bonchev–Trinajstić information content (AvgIpc) is 2.32. The lowest BCUT2D eigenvalue weighted by molar-refractivity contribution is -0.385. The van der Waals surface area contributed by atoms with Crippen LogP contribution in [0, 0.1) is 16.0 Å². The molecule has 7 nitrogen and oxygen atoms in total. The van der Waals surface area contributed by atoms with Crippen molar-refractivity contribution in [3.05, 3.63) is 38.3 Å². The summed E-state index contributed by atoms with van der Waals surface area (Å²) in [6, 6.07) is 4.26. The van der Waals surface area contributed by atoms with Gasteiger partial charge in [0.2, 0.25) is 0 Å². The number of nitro groups is 1. The molecule has 1 aliphatic rings. The third-order valence-corrected chi connectivity index (χ3v) is 3.95. The van der Waals surface area contributed by atoms with Crippen molar-refractivity contribution in [3.63, 3.8) is 0 Å². The first-order valence-electron chi connectivity index (χ1n) is 5.84. The number of carboxylic acids is 1. The fourth-order valence-corrected chi connectivity index (χ4v) is 2.69. The van der Waals surface area contributed by atoms with E-state index in [0.29, 0.717) is 13.1 Å². The van der Waals surface area contributed by atoms with Gasteiger partial charge in [0.25, 0.3) is 11.6 Å². The predicted octanol–water partition coefficient (Wildman–Crippen LogP) is 1.90. The van der Waals surface area contributed by atoms with Crippen LogP contribution in [0.4, 0.5) is 5.69 Å². The van der Waals surface area contributed by atoms with Crippen molar-refractivity contribution in [1.82, 2.24) is 4.90 Å². The highest BCUT2D eigenvalue weighted by Gasteiger charge is 2.34. The van der Waals surface area contributed by atoms with Gasteiger partial charge in [0, 0.05) is 25.1 Å². The Morgan fingerprint density at radius 2 is 2.10 bits per heavy atom. The molecule has 0 atom stereocenters. The van der Waals surface area contributed by atoms with Gasteiger partial charge in [-0.15, -0.1) is 0 Å². The van der Waals surface area contributed by atoms with E-state index in [9.17, 15) is 19.7 Å². The van der Waals surface area contributed by atoms with E-state index in [2.05, 4.69) is 15.9 Å². The molecule has 0 aromatic heterocycles. The molecule has 1 amide bonds. The van der Waals surface area contributed by atoms with Crippen LogP contribution in [0.3, 0.4) is 0 Å². The summed E-state index contributed by atoms with van der Waals surface area (Å²) < 4.78 is 0.150. The summed E-state index contributed by atoms with van der Waals surface area (Å²) in [5.74, 6) is -1.27. The highest BCUT2D eigenvalue weighted by atomic mass is 79.9. The first kappa shape index (κ1) is 14.4. The highest BCUT2D eigenvalue weighted by molar-refractivity contribution is 9.10. The Balaban J connectivity index is 2.10. The van der Waals surface area contributed by atoms with Gasteiger partial charge in [-0.3, -0.25) is 19.7 Å². The Labute approximate surface area is 122 Å². The van der Waals surface area contributed by atoms with E-state index in [1.165, 1.54) is 23.1 Å². The number of nitro benzene ring substituents is 1. The summed E-state index contributed by atoms with van der Waals surface area (Å²) in [5, 5.41) is 19.5. The molecule has 1 fully saturated rings. The molecule has 0 unspecified atom stereocenters. The summed E-state index contributed by atoms with van der Waals surface area (Å²) in [6.45, 7) is 0.723. The third-order valence-electron chi connectivity index (χ3n) is 3.11. The Bertz CT molecular complexity index is 583. The minimum atomic E-state index is -0.890. The molecule has 1 aliphatic heterocycles. The van der Waals surface area contributed by atoms with Gasteiger partial charge in [-0.25, -0.2) is 0 Å². The number of rotatable bonds is 4. The molecule has 2 rings (SSSR count). The van der Waals surface area contributed by atoms with Gasteiger partial charge in [0.15, 0.2) is 0 Å². The van der Waals surface area contributed by atoms with Crippen molar-refractivity contribution in [2.24, 2.45) is 5.92 Å². The minimum Gasteiger partial charge on any atom is -0.481 e. The lowest BCUT2D eigenvalue weighted by atomic mass is 9.95. The number of carboxylic acid groups (broad SMARTS) is 1. The molecule has 0 bridgehead atoms. The van der Waals surface area contributed by atoms with Gasteiger partial charge in [-0.1, -0.05) is 6.07 Å². The molecule has 106 valence electrons. The Kier molecular flexibility index (Phi) is 4.03. The molecule has 1 heterocycles. The summed E-state index contributed by atoms with van der Waals surface area (Å²) in [6.07, 6.45) is 0.0277. The molecular formula is C12H11BrN2O5. The monoisotopic (exact) mass is 342 g/mol. The minimum absolute atomic E-state index is 0.0277. The number of hydrogen-bond acceptors (Lipinski definition) is 4. The fraction of sp³-hybridized carbons (Fsp3) is 0.333. The highest BCUT2D eigenvalue weighted by Crippen LogP contribution is 2.31. The van der Waals surface area contributed by atoms with Crippen molar-refractivity contribution < 1.29 is 19.6 Å². The Morgan fingerprint density at radius 1 is 1.45 bits per heavy atom. The van der Waals surface area contributed by atoms with Crippen molar-refractivity contribution >= 4 is 33.5 Å². The number of carbonyl (C=O) groups is 2. The van der Waals surface area contributed by atoms with Gasteiger partial charge in [0.1, 0.15) is 4.47 Å². The third kappa shape index (κ3) is 2.79. The zero-order chi connectivity index (χ0) is 14.9. The number of nitrogens with zero attached hydrogens (tertiary/aromatic N) is 2. The average molecular weight is 343 g/mol. The van der Waals surface area contributed by atoms with E-state index in [1.807, 2.05) is 0 Å².